The van der Waals surface area contributed by atoms with Gasteiger partial charge in [0, 0.05) is 17.9 Å². The number of nitrogens with one attached hydrogen (secondary N) is 1. The molecule has 130 valence electrons. The van der Waals surface area contributed by atoms with Gasteiger partial charge in [-0.2, -0.15) is 0 Å². The zero-order valence-corrected chi connectivity index (χ0v) is 15.8. The maximum Gasteiger partial charge on any atom is 0.251 e. The second kappa shape index (κ2) is 8.60. The van der Waals surface area contributed by atoms with Crippen LogP contribution in [0.1, 0.15) is 41.2 Å². The first-order valence-corrected chi connectivity index (χ1v) is 9.66. The predicted octanol–water partition coefficient (Wildman–Crippen LogP) is 3.07. The number of aliphatic hydroxyl groups is 1. The summed E-state index contributed by atoms with van der Waals surface area (Å²) >= 11 is 3.15. The van der Waals surface area contributed by atoms with E-state index in [0.29, 0.717) is 18.5 Å². The van der Waals surface area contributed by atoms with Gasteiger partial charge in [0.25, 0.3) is 5.91 Å². The Hall–Kier alpha value is -1.44. The predicted molar refractivity (Wildman–Crippen MR) is 98.8 cm³/mol. The van der Waals surface area contributed by atoms with E-state index in [1.807, 2.05) is 31.2 Å². The molecule has 2 rings (SSSR count). The summed E-state index contributed by atoms with van der Waals surface area (Å²) in [5.74, 6) is 0.688. The van der Waals surface area contributed by atoms with Crippen LogP contribution < -0.4 is 5.32 Å². The second-order valence-corrected chi connectivity index (χ2v) is 8.73. The van der Waals surface area contributed by atoms with Gasteiger partial charge in [0.1, 0.15) is 5.01 Å². The van der Waals surface area contributed by atoms with Gasteiger partial charge in [-0.05, 0) is 51.3 Å². The SMILES string of the molecule is Cc1nnc(SCCNC(=O)c2cccc(CCC(C)(C)O)c2)s1. The Kier molecular flexibility index (Phi) is 6.77. The summed E-state index contributed by atoms with van der Waals surface area (Å²) in [4.78, 5) is 12.2. The highest BCUT2D eigenvalue weighted by Crippen LogP contribution is 2.21. The lowest BCUT2D eigenvalue weighted by molar-refractivity contribution is 0.0714. The summed E-state index contributed by atoms with van der Waals surface area (Å²) in [5.41, 5.74) is 1.02. The van der Waals surface area contributed by atoms with Crippen molar-refractivity contribution < 1.29 is 9.90 Å². The summed E-state index contributed by atoms with van der Waals surface area (Å²) < 4.78 is 0.926. The van der Waals surface area contributed by atoms with Crippen molar-refractivity contribution in [3.05, 3.63) is 40.4 Å². The number of carbonyl (C=O) groups is 1. The molecular weight excluding hydrogens is 342 g/mol. The van der Waals surface area contributed by atoms with Gasteiger partial charge in [0.05, 0.1) is 5.60 Å². The molecule has 0 aliphatic rings. The summed E-state index contributed by atoms with van der Waals surface area (Å²) in [5, 5.41) is 21.7. The third-order valence-corrected chi connectivity index (χ3v) is 5.31. The van der Waals surface area contributed by atoms with Crippen molar-refractivity contribution in [3.8, 4) is 0 Å². The molecule has 5 nitrogen and oxygen atoms in total. The van der Waals surface area contributed by atoms with Crippen LogP contribution in [0.3, 0.4) is 0 Å². The zero-order chi connectivity index (χ0) is 17.6. The Morgan fingerprint density at radius 2 is 2.17 bits per heavy atom. The first-order chi connectivity index (χ1) is 11.3. The lowest BCUT2D eigenvalue weighted by Gasteiger charge is -2.16. The minimum Gasteiger partial charge on any atom is -0.390 e. The quantitative estimate of drug-likeness (QED) is 0.555. The molecular formula is C17H23N3O2S2. The Morgan fingerprint density at radius 1 is 1.38 bits per heavy atom. The minimum absolute atomic E-state index is 0.0749. The topological polar surface area (TPSA) is 75.1 Å². The average molecular weight is 366 g/mol. The summed E-state index contributed by atoms with van der Waals surface area (Å²) in [7, 11) is 0. The lowest BCUT2D eigenvalue weighted by atomic mass is 9.98. The molecule has 0 atom stereocenters. The van der Waals surface area contributed by atoms with Gasteiger partial charge < -0.3 is 10.4 Å². The Balaban J connectivity index is 1.79. The molecule has 0 fully saturated rings. The molecule has 0 aliphatic carbocycles. The van der Waals surface area contributed by atoms with Gasteiger partial charge in [-0.25, -0.2) is 0 Å². The highest BCUT2D eigenvalue weighted by molar-refractivity contribution is 8.01. The van der Waals surface area contributed by atoms with Crippen molar-refractivity contribution in [2.45, 2.75) is 43.6 Å². The molecule has 0 bridgehead atoms. The van der Waals surface area contributed by atoms with Crippen LogP contribution in [0.4, 0.5) is 0 Å². The van der Waals surface area contributed by atoms with Crippen LogP contribution in [0, 0.1) is 6.92 Å². The molecule has 7 heteroatoms. The molecule has 1 heterocycles. The molecule has 0 saturated carbocycles. The van der Waals surface area contributed by atoms with E-state index in [1.165, 1.54) is 0 Å². The number of thioether (sulfide) groups is 1. The molecule has 1 amide bonds. The van der Waals surface area contributed by atoms with Crippen molar-refractivity contribution in [3.63, 3.8) is 0 Å². The molecule has 24 heavy (non-hydrogen) atoms. The third kappa shape index (κ3) is 6.59. The van der Waals surface area contributed by atoms with Gasteiger partial charge in [0.2, 0.25) is 0 Å². The average Bonchev–Trinajstić information content (AvgIpc) is 2.94. The first-order valence-electron chi connectivity index (χ1n) is 7.86. The van der Waals surface area contributed by atoms with Crippen LogP contribution in [0.5, 0.6) is 0 Å². The largest absolute Gasteiger partial charge is 0.390 e. The van der Waals surface area contributed by atoms with Gasteiger partial charge >= 0.3 is 0 Å². The van der Waals surface area contributed by atoms with Crippen LogP contribution in [0.25, 0.3) is 0 Å². The van der Waals surface area contributed by atoms with Crippen LogP contribution >= 0.6 is 23.1 Å². The Labute approximate surface area is 150 Å². The van der Waals surface area contributed by atoms with E-state index >= 15 is 0 Å². The van der Waals surface area contributed by atoms with Crippen molar-refractivity contribution in [1.82, 2.24) is 15.5 Å². The van der Waals surface area contributed by atoms with Gasteiger partial charge in [-0.1, -0.05) is 35.2 Å². The number of rotatable bonds is 8. The fourth-order valence-electron chi connectivity index (χ4n) is 2.06. The first kappa shape index (κ1) is 18.9. The summed E-state index contributed by atoms with van der Waals surface area (Å²) in [6, 6.07) is 7.57. The van der Waals surface area contributed by atoms with E-state index in [9.17, 15) is 9.90 Å². The van der Waals surface area contributed by atoms with Crippen molar-refractivity contribution in [1.29, 1.82) is 0 Å². The van der Waals surface area contributed by atoms with Crippen LogP contribution in [-0.2, 0) is 6.42 Å². The Bertz CT molecular complexity index is 680. The number of carbonyl (C=O) groups excluding carboxylic acids is 1. The highest BCUT2D eigenvalue weighted by atomic mass is 32.2. The number of aromatic nitrogens is 2. The highest BCUT2D eigenvalue weighted by Gasteiger charge is 2.13. The summed E-state index contributed by atoms with van der Waals surface area (Å²) in [6.07, 6.45) is 1.41. The number of hydrogen-bond acceptors (Lipinski definition) is 6. The Morgan fingerprint density at radius 3 is 2.83 bits per heavy atom. The fraction of sp³-hybridized carbons (Fsp3) is 0.471. The standard InChI is InChI=1S/C17H23N3O2S2/c1-12-19-20-16(24-12)23-10-9-18-15(21)14-6-4-5-13(11-14)7-8-17(2,3)22/h4-6,11,22H,7-10H2,1-3H3,(H,18,21). The van der Waals surface area contributed by atoms with Crippen molar-refractivity contribution in [2.75, 3.05) is 12.3 Å². The third-order valence-electron chi connectivity index (χ3n) is 3.34. The normalized spacial score (nSPS) is 11.5. The van der Waals surface area contributed by atoms with E-state index in [2.05, 4.69) is 15.5 Å². The number of nitrogens with zero attached hydrogens (tertiary/aromatic N) is 2. The minimum atomic E-state index is -0.696. The van der Waals surface area contributed by atoms with Gasteiger partial charge in [-0.3, -0.25) is 4.79 Å². The van der Waals surface area contributed by atoms with Crippen LogP contribution in [-0.4, -0.2) is 39.1 Å². The molecule has 1 aromatic carbocycles. The van der Waals surface area contributed by atoms with E-state index in [1.54, 1.807) is 36.9 Å². The maximum atomic E-state index is 12.2. The monoisotopic (exact) mass is 365 g/mol. The van der Waals surface area contributed by atoms with Crippen LogP contribution in [0.2, 0.25) is 0 Å². The van der Waals surface area contributed by atoms with E-state index in [0.717, 1.165) is 27.1 Å². The van der Waals surface area contributed by atoms with E-state index in [4.69, 9.17) is 0 Å². The van der Waals surface area contributed by atoms with Crippen molar-refractivity contribution in [2.24, 2.45) is 0 Å². The zero-order valence-electron chi connectivity index (χ0n) is 14.2. The second-order valence-electron chi connectivity index (χ2n) is 6.20. The number of benzene rings is 1. The van der Waals surface area contributed by atoms with Gasteiger partial charge in [-0.15, -0.1) is 10.2 Å². The lowest BCUT2D eigenvalue weighted by Crippen LogP contribution is -2.25. The van der Waals surface area contributed by atoms with E-state index < -0.39 is 5.60 Å². The molecule has 0 aliphatic heterocycles. The molecule has 0 unspecified atom stereocenters. The number of aryl methyl sites for hydroxylation is 2. The van der Waals surface area contributed by atoms with E-state index in [-0.39, 0.29) is 5.91 Å². The molecule has 2 N–H and O–H groups in total. The molecule has 0 saturated heterocycles. The molecule has 1 aromatic heterocycles. The smallest absolute Gasteiger partial charge is 0.251 e. The van der Waals surface area contributed by atoms with Crippen molar-refractivity contribution >= 4 is 29.0 Å². The van der Waals surface area contributed by atoms with Crippen LogP contribution in [0.15, 0.2) is 28.6 Å². The summed E-state index contributed by atoms with van der Waals surface area (Å²) in [6.45, 7) is 6.09. The number of amides is 1. The molecule has 0 radical (unpaired) electrons. The van der Waals surface area contributed by atoms with Gasteiger partial charge in [0.15, 0.2) is 4.34 Å². The molecule has 0 spiro atoms. The molecule has 2 aromatic rings. The fourth-order valence-corrected chi connectivity index (χ4v) is 3.80. The maximum absolute atomic E-state index is 12.2. The number of hydrogen-bond donors (Lipinski definition) is 2.